The van der Waals surface area contributed by atoms with Crippen molar-refractivity contribution in [1.82, 2.24) is 0 Å². The van der Waals surface area contributed by atoms with E-state index in [1.165, 1.54) is 0 Å². The first kappa shape index (κ1) is 19.9. The molecule has 0 heterocycles. The van der Waals surface area contributed by atoms with Gasteiger partial charge in [0.1, 0.15) is 0 Å². The van der Waals surface area contributed by atoms with Gasteiger partial charge in [-0.15, -0.1) is 23.8 Å². The maximum atomic E-state index is 12.0. The molecule has 0 radical (unpaired) electrons. The van der Waals surface area contributed by atoms with Gasteiger partial charge in [-0.05, 0) is 5.91 Å². The number of rotatable bonds is 4. The van der Waals surface area contributed by atoms with E-state index in [0.29, 0.717) is 11.3 Å². The summed E-state index contributed by atoms with van der Waals surface area (Å²) < 4.78 is 5.05. The largest absolute Gasteiger partial charge is 1.00 e. The summed E-state index contributed by atoms with van der Waals surface area (Å²) in [5.74, 6) is 0.253. The van der Waals surface area contributed by atoms with Crippen LogP contribution in [0.4, 0.5) is 0 Å². The first-order chi connectivity index (χ1) is 9.20. The molecule has 21 heavy (non-hydrogen) atoms. The van der Waals surface area contributed by atoms with Crippen molar-refractivity contribution in [3.63, 3.8) is 0 Å². The van der Waals surface area contributed by atoms with Crippen molar-refractivity contribution in [2.24, 2.45) is 0 Å². The molecular formula is C16H15Li2NO2. The van der Waals surface area contributed by atoms with Gasteiger partial charge in [0.25, 0.3) is 0 Å². The zero-order chi connectivity index (χ0) is 13.7. The van der Waals surface area contributed by atoms with Crippen LogP contribution >= 0.6 is 0 Å². The van der Waals surface area contributed by atoms with Crippen LogP contribution in [0.3, 0.4) is 0 Å². The average molecular weight is 267 g/mol. The number of benzene rings is 2. The Kier molecular flexibility index (Phi) is 9.26. The van der Waals surface area contributed by atoms with Crippen LogP contribution in [0.5, 0.6) is 5.75 Å². The van der Waals surface area contributed by atoms with Crippen molar-refractivity contribution in [1.29, 1.82) is 0 Å². The van der Waals surface area contributed by atoms with E-state index in [2.05, 4.69) is 11.4 Å². The number of ether oxygens (including phenoxy) is 1. The second kappa shape index (κ2) is 9.77. The molecule has 0 bridgehead atoms. The Morgan fingerprint density at radius 2 is 1.76 bits per heavy atom. The molecule has 2 rings (SSSR count). The van der Waals surface area contributed by atoms with E-state index in [0.717, 1.165) is 5.56 Å². The van der Waals surface area contributed by atoms with E-state index in [1.807, 2.05) is 37.3 Å². The van der Waals surface area contributed by atoms with Crippen LogP contribution in [0.25, 0.3) is 5.32 Å². The van der Waals surface area contributed by atoms with Crippen molar-refractivity contribution in [2.75, 3.05) is 7.11 Å². The quantitative estimate of drug-likeness (QED) is 0.465. The molecule has 3 nitrogen and oxygen atoms in total. The van der Waals surface area contributed by atoms with E-state index in [9.17, 15) is 4.79 Å². The number of hydrogen-bond acceptors (Lipinski definition) is 2. The summed E-state index contributed by atoms with van der Waals surface area (Å²) in [7, 11) is 1.55. The predicted molar refractivity (Wildman–Crippen MR) is 74.4 cm³/mol. The molecule has 0 fully saturated rings. The van der Waals surface area contributed by atoms with Crippen LogP contribution < -0.4 is 42.5 Å². The summed E-state index contributed by atoms with van der Waals surface area (Å²) in [6, 6.07) is 17.6. The van der Waals surface area contributed by atoms with E-state index in [1.54, 1.807) is 25.3 Å². The zero-order valence-corrected chi connectivity index (χ0v) is 13.0. The standard InChI is InChI=1S/C16H16NO2.2Li/c1-12(13-7-4-3-5-8-13)17-16(18)14-9-6-10-15(11-14)19-2;;/h3-10,12H,1-2H3,(H,17,18);;/q-1;2*+1/p-1/t12-;;/m0../s1. The molecule has 1 amide bonds. The van der Waals surface area contributed by atoms with Crippen LogP contribution in [-0.2, 0) is 0 Å². The second-order valence-electron chi connectivity index (χ2n) is 4.15. The first-order valence-electron chi connectivity index (χ1n) is 6.07. The molecular weight excluding hydrogens is 252 g/mol. The molecule has 1 atom stereocenters. The summed E-state index contributed by atoms with van der Waals surface area (Å²) >= 11 is 0. The molecule has 0 aliphatic carbocycles. The summed E-state index contributed by atoms with van der Waals surface area (Å²) in [6.07, 6.45) is 0. The SMILES string of the molecule is COc1[c-]c(C(=O)[N-][C@@H](C)c2ccccc2)ccc1.[Li+].[Li+]. The van der Waals surface area contributed by atoms with Crippen LogP contribution in [-0.4, -0.2) is 13.0 Å². The maximum Gasteiger partial charge on any atom is 1.00 e. The fourth-order valence-electron chi connectivity index (χ4n) is 1.74. The molecule has 0 saturated heterocycles. The number of nitrogens with zero attached hydrogens (tertiary/aromatic N) is 1. The van der Waals surface area contributed by atoms with Gasteiger partial charge in [-0.25, -0.2) is 0 Å². The number of carbonyl (C=O) groups excluding carboxylic acids is 1. The number of hydrogen-bond donors (Lipinski definition) is 0. The average Bonchev–Trinajstić information content (AvgIpc) is 2.48. The fraction of sp³-hybridized carbons (Fsp3) is 0.188. The van der Waals surface area contributed by atoms with Crippen molar-refractivity contribution in [3.8, 4) is 5.75 Å². The fourth-order valence-corrected chi connectivity index (χ4v) is 1.74. The van der Waals surface area contributed by atoms with Crippen LogP contribution in [0.15, 0.2) is 48.5 Å². The van der Waals surface area contributed by atoms with Crippen LogP contribution in [0.1, 0.15) is 28.9 Å². The zero-order valence-electron chi connectivity index (χ0n) is 13.0. The summed E-state index contributed by atoms with van der Waals surface area (Å²) in [5.41, 5.74) is 1.43. The smallest absolute Gasteiger partial charge is 0.688 e. The molecule has 0 saturated carbocycles. The van der Waals surface area contributed by atoms with Crippen LogP contribution in [0.2, 0.25) is 0 Å². The summed E-state index contributed by atoms with van der Waals surface area (Å²) in [6.45, 7) is 1.90. The number of methoxy groups -OCH3 is 1. The normalized spacial score (nSPS) is 10.6. The molecule has 2 aromatic carbocycles. The number of carbonyl (C=O) groups is 1. The Morgan fingerprint density at radius 1 is 1.10 bits per heavy atom. The molecule has 0 aliphatic rings. The minimum Gasteiger partial charge on any atom is -0.688 e. The third kappa shape index (κ3) is 5.66. The van der Waals surface area contributed by atoms with Crippen LogP contribution in [0, 0.1) is 6.07 Å². The molecule has 0 aliphatic heterocycles. The van der Waals surface area contributed by atoms with Gasteiger partial charge in [0.05, 0.1) is 7.11 Å². The van der Waals surface area contributed by atoms with E-state index in [4.69, 9.17) is 4.74 Å². The molecule has 0 N–H and O–H groups in total. The van der Waals surface area contributed by atoms with Gasteiger partial charge in [0.15, 0.2) is 0 Å². The van der Waals surface area contributed by atoms with Gasteiger partial charge >= 0.3 is 37.7 Å². The Labute approximate surface area is 149 Å². The molecule has 2 aromatic rings. The Balaban J connectivity index is 0.00000200. The maximum absolute atomic E-state index is 12.0. The molecule has 0 spiro atoms. The van der Waals surface area contributed by atoms with E-state index < -0.39 is 0 Å². The van der Waals surface area contributed by atoms with Gasteiger partial charge in [-0.1, -0.05) is 54.9 Å². The summed E-state index contributed by atoms with van der Waals surface area (Å²) in [5, 5.41) is 4.17. The molecule has 5 heteroatoms. The first-order valence-corrected chi connectivity index (χ1v) is 6.07. The van der Waals surface area contributed by atoms with E-state index in [-0.39, 0.29) is 49.7 Å². The van der Waals surface area contributed by atoms with E-state index >= 15 is 0 Å². The third-order valence-electron chi connectivity index (χ3n) is 2.81. The monoisotopic (exact) mass is 267 g/mol. The van der Waals surface area contributed by atoms with Gasteiger partial charge in [-0.3, -0.25) is 0 Å². The third-order valence-corrected chi connectivity index (χ3v) is 2.81. The number of amides is 1. The van der Waals surface area contributed by atoms with Crippen molar-refractivity contribution in [2.45, 2.75) is 13.0 Å². The van der Waals surface area contributed by atoms with Gasteiger partial charge in [0, 0.05) is 5.75 Å². The van der Waals surface area contributed by atoms with Gasteiger partial charge in [0.2, 0.25) is 0 Å². The minimum absolute atomic E-state index is 0. The van der Waals surface area contributed by atoms with Crippen molar-refractivity contribution in [3.05, 3.63) is 71.0 Å². The van der Waals surface area contributed by atoms with Crippen molar-refractivity contribution < 1.29 is 47.3 Å². The molecule has 98 valence electrons. The Hall–Kier alpha value is -1.10. The predicted octanol–water partition coefficient (Wildman–Crippen LogP) is -2.22. The second-order valence-corrected chi connectivity index (χ2v) is 4.15. The van der Waals surface area contributed by atoms with Gasteiger partial charge < -0.3 is 14.8 Å². The Bertz CT molecular complexity index is 561. The Morgan fingerprint density at radius 3 is 2.38 bits per heavy atom. The summed E-state index contributed by atoms with van der Waals surface area (Å²) in [4.78, 5) is 12.0. The molecule has 0 aromatic heterocycles. The minimum atomic E-state index is -0.282. The van der Waals surface area contributed by atoms with Crippen molar-refractivity contribution >= 4 is 5.91 Å². The van der Waals surface area contributed by atoms with Gasteiger partial charge in [-0.2, -0.15) is 0 Å². The topological polar surface area (TPSA) is 40.4 Å². The molecule has 0 unspecified atom stereocenters.